The summed E-state index contributed by atoms with van der Waals surface area (Å²) in [5.41, 5.74) is 2.02. The summed E-state index contributed by atoms with van der Waals surface area (Å²) >= 11 is 0. The summed E-state index contributed by atoms with van der Waals surface area (Å²) in [6.45, 7) is 2.21. The number of benzene rings is 2. The normalized spacial score (nSPS) is 16.8. The number of anilines is 2. The van der Waals surface area contributed by atoms with Gasteiger partial charge in [-0.25, -0.2) is 0 Å². The summed E-state index contributed by atoms with van der Waals surface area (Å²) in [6, 6.07) is 13.3. The van der Waals surface area contributed by atoms with E-state index in [4.69, 9.17) is 0 Å². The SMILES string of the molecule is Cc1ccccc1N1C[C@H](C(=O)Nc2cccc([N+](=O)[O-])c2)CC1=O. The first-order valence-electron chi connectivity index (χ1n) is 7.87. The number of nitro groups is 1. The van der Waals surface area contributed by atoms with E-state index in [1.807, 2.05) is 31.2 Å². The molecule has 1 aliphatic heterocycles. The van der Waals surface area contributed by atoms with Crippen molar-refractivity contribution in [2.24, 2.45) is 5.92 Å². The fourth-order valence-corrected chi connectivity index (χ4v) is 2.92. The van der Waals surface area contributed by atoms with Gasteiger partial charge in [-0.15, -0.1) is 0 Å². The number of nitrogens with one attached hydrogen (secondary N) is 1. The van der Waals surface area contributed by atoms with Gasteiger partial charge in [0.25, 0.3) is 5.69 Å². The van der Waals surface area contributed by atoms with Gasteiger partial charge in [-0.05, 0) is 24.6 Å². The lowest BCUT2D eigenvalue weighted by molar-refractivity contribution is -0.384. The van der Waals surface area contributed by atoms with Crippen LogP contribution in [0.3, 0.4) is 0 Å². The second-order valence-corrected chi connectivity index (χ2v) is 5.99. The summed E-state index contributed by atoms with van der Waals surface area (Å²) < 4.78 is 0. The lowest BCUT2D eigenvalue weighted by Crippen LogP contribution is -2.28. The monoisotopic (exact) mass is 339 g/mol. The molecular formula is C18H17N3O4. The predicted molar refractivity (Wildman–Crippen MR) is 93.4 cm³/mol. The number of para-hydroxylation sites is 1. The van der Waals surface area contributed by atoms with Gasteiger partial charge < -0.3 is 10.2 Å². The summed E-state index contributed by atoms with van der Waals surface area (Å²) in [4.78, 5) is 36.6. The van der Waals surface area contributed by atoms with Crippen molar-refractivity contribution in [2.45, 2.75) is 13.3 Å². The number of nitro benzene ring substituents is 1. The van der Waals surface area contributed by atoms with Gasteiger partial charge in [0, 0.05) is 36.5 Å². The van der Waals surface area contributed by atoms with Crippen LogP contribution in [0.25, 0.3) is 0 Å². The fraction of sp³-hybridized carbons (Fsp3) is 0.222. The molecule has 1 atom stereocenters. The molecule has 0 unspecified atom stereocenters. The van der Waals surface area contributed by atoms with Gasteiger partial charge >= 0.3 is 0 Å². The molecule has 2 amide bonds. The highest BCUT2D eigenvalue weighted by atomic mass is 16.6. The number of nitrogens with zero attached hydrogens (tertiary/aromatic N) is 2. The first-order valence-corrected chi connectivity index (χ1v) is 7.87. The van der Waals surface area contributed by atoms with Crippen LogP contribution in [-0.2, 0) is 9.59 Å². The molecule has 1 saturated heterocycles. The van der Waals surface area contributed by atoms with E-state index in [-0.39, 0.29) is 23.9 Å². The second-order valence-electron chi connectivity index (χ2n) is 5.99. The molecule has 0 aromatic heterocycles. The van der Waals surface area contributed by atoms with Crippen molar-refractivity contribution >= 4 is 28.9 Å². The fourth-order valence-electron chi connectivity index (χ4n) is 2.92. The van der Waals surface area contributed by atoms with Crippen molar-refractivity contribution < 1.29 is 14.5 Å². The van der Waals surface area contributed by atoms with Crippen molar-refractivity contribution in [3.63, 3.8) is 0 Å². The molecule has 128 valence electrons. The molecule has 3 rings (SSSR count). The van der Waals surface area contributed by atoms with Gasteiger partial charge in [0.05, 0.1) is 10.8 Å². The molecular weight excluding hydrogens is 322 g/mol. The third kappa shape index (κ3) is 3.50. The van der Waals surface area contributed by atoms with Gasteiger partial charge in [0.1, 0.15) is 0 Å². The number of hydrogen-bond acceptors (Lipinski definition) is 4. The molecule has 1 heterocycles. The Balaban J connectivity index is 1.72. The summed E-state index contributed by atoms with van der Waals surface area (Å²) in [5, 5.41) is 13.5. The third-order valence-electron chi connectivity index (χ3n) is 4.23. The zero-order valence-corrected chi connectivity index (χ0v) is 13.6. The second kappa shape index (κ2) is 6.72. The Morgan fingerprint density at radius 2 is 2.00 bits per heavy atom. The molecule has 0 radical (unpaired) electrons. The highest BCUT2D eigenvalue weighted by molar-refractivity contribution is 6.03. The summed E-state index contributed by atoms with van der Waals surface area (Å²) in [6.07, 6.45) is 0.120. The van der Waals surface area contributed by atoms with Crippen molar-refractivity contribution in [1.29, 1.82) is 0 Å². The molecule has 0 bridgehead atoms. The van der Waals surface area contributed by atoms with Crippen LogP contribution >= 0.6 is 0 Å². The topological polar surface area (TPSA) is 92.6 Å². The minimum atomic E-state index is -0.519. The minimum Gasteiger partial charge on any atom is -0.326 e. The Morgan fingerprint density at radius 1 is 1.24 bits per heavy atom. The molecule has 7 nitrogen and oxygen atoms in total. The highest BCUT2D eigenvalue weighted by Crippen LogP contribution is 2.28. The average molecular weight is 339 g/mol. The van der Waals surface area contributed by atoms with Crippen LogP contribution in [-0.4, -0.2) is 23.3 Å². The van der Waals surface area contributed by atoms with Gasteiger partial charge in [0.2, 0.25) is 11.8 Å². The van der Waals surface area contributed by atoms with E-state index in [9.17, 15) is 19.7 Å². The number of non-ortho nitro benzene ring substituents is 1. The number of rotatable bonds is 4. The number of carbonyl (C=O) groups is 2. The Labute approximate surface area is 144 Å². The van der Waals surface area contributed by atoms with Crippen molar-refractivity contribution in [2.75, 3.05) is 16.8 Å². The average Bonchev–Trinajstić information content (AvgIpc) is 2.97. The molecule has 25 heavy (non-hydrogen) atoms. The number of carbonyl (C=O) groups excluding carboxylic acids is 2. The quantitative estimate of drug-likeness (QED) is 0.685. The van der Waals surface area contributed by atoms with Gasteiger partial charge in [0.15, 0.2) is 0 Å². The van der Waals surface area contributed by atoms with Crippen molar-refractivity contribution in [3.8, 4) is 0 Å². The third-order valence-corrected chi connectivity index (χ3v) is 4.23. The van der Waals surface area contributed by atoms with Crippen LogP contribution in [0, 0.1) is 23.0 Å². The Hall–Kier alpha value is -3.22. The van der Waals surface area contributed by atoms with E-state index in [1.54, 1.807) is 11.0 Å². The molecule has 1 aliphatic rings. The van der Waals surface area contributed by atoms with Gasteiger partial charge in [-0.1, -0.05) is 24.3 Å². The lowest BCUT2D eigenvalue weighted by atomic mass is 10.1. The van der Waals surface area contributed by atoms with E-state index in [0.29, 0.717) is 12.2 Å². The van der Waals surface area contributed by atoms with Crippen LogP contribution in [0.5, 0.6) is 0 Å². The maximum atomic E-state index is 12.4. The molecule has 0 aliphatic carbocycles. The Kier molecular flexibility index (Phi) is 4.47. The van der Waals surface area contributed by atoms with Crippen LogP contribution in [0.15, 0.2) is 48.5 Å². The highest BCUT2D eigenvalue weighted by Gasteiger charge is 2.35. The molecule has 0 saturated carbocycles. The summed E-state index contributed by atoms with van der Waals surface area (Å²) in [5.74, 6) is -0.912. The van der Waals surface area contributed by atoms with Crippen LogP contribution < -0.4 is 10.2 Å². The zero-order valence-electron chi connectivity index (χ0n) is 13.6. The smallest absolute Gasteiger partial charge is 0.271 e. The van der Waals surface area contributed by atoms with E-state index in [2.05, 4.69) is 5.32 Å². The zero-order chi connectivity index (χ0) is 18.0. The van der Waals surface area contributed by atoms with E-state index < -0.39 is 10.8 Å². The number of hydrogen-bond donors (Lipinski definition) is 1. The maximum Gasteiger partial charge on any atom is 0.271 e. The predicted octanol–water partition coefficient (Wildman–Crippen LogP) is 2.89. The van der Waals surface area contributed by atoms with E-state index in [0.717, 1.165) is 11.3 Å². The maximum absolute atomic E-state index is 12.4. The van der Waals surface area contributed by atoms with Crippen molar-refractivity contribution in [3.05, 3.63) is 64.2 Å². The molecule has 2 aromatic carbocycles. The van der Waals surface area contributed by atoms with Crippen LogP contribution in [0.2, 0.25) is 0 Å². The first-order chi connectivity index (χ1) is 12.0. The van der Waals surface area contributed by atoms with Crippen molar-refractivity contribution in [1.82, 2.24) is 0 Å². The summed E-state index contributed by atoms with van der Waals surface area (Å²) in [7, 11) is 0. The van der Waals surface area contributed by atoms with Crippen LogP contribution in [0.4, 0.5) is 17.1 Å². The lowest BCUT2D eigenvalue weighted by Gasteiger charge is -2.18. The molecule has 1 fully saturated rings. The molecule has 1 N–H and O–H groups in total. The Morgan fingerprint density at radius 3 is 2.72 bits per heavy atom. The first kappa shape index (κ1) is 16.6. The van der Waals surface area contributed by atoms with E-state index >= 15 is 0 Å². The molecule has 0 spiro atoms. The standard InChI is InChI=1S/C18H17N3O4/c1-12-5-2-3-8-16(12)20-11-13(9-17(20)22)18(23)19-14-6-4-7-15(10-14)21(24)25/h2-8,10,13H,9,11H2,1H3,(H,19,23)/t13-/m1/s1. The minimum absolute atomic E-state index is 0.0955. The largest absolute Gasteiger partial charge is 0.326 e. The van der Waals surface area contributed by atoms with E-state index in [1.165, 1.54) is 18.2 Å². The van der Waals surface area contributed by atoms with Crippen LogP contribution in [0.1, 0.15) is 12.0 Å². The van der Waals surface area contributed by atoms with Gasteiger partial charge in [-0.2, -0.15) is 0 Å². The molecule has 2 aromatic rings. The van der Waals surface area contributed by atoms with Gasteiger partial charge in [-0.3, -0.25) is 19.7 Å². The molecule has 7 heteroatoms. The number of amides is 2. The number of aryl methyl sites for hydroxylation is 1. The Bertz CT molecular complexity index is 850.